The van der Waals surface area contributed by atoms with Gasteiger partial charge in [-0.15, -0.1) is 0 Å². The molecule has 0 bridgehead atoms. The van der Waals surface area contributed by atoms with Crippen molar-refractivity contribution in [3.05, 3.63) is 33.4 Å². The molecule has 1 N–H and O–H groups in total. The molecule has 0 radical (unpaired) electrons. The van der Waals surface area contributed by atoms with E-state index in [0.29, 0.717) is 18.2 Å². The largest absolute Gasteiger partial charge is 0.487 e. The molecule has 6 heteroatoms. The van der Waals surface area contributed by atoms with Crippen LogP contribution in [0.15, 0.2) is 12.1 Å². The van der Waals surface area contributed by atoms with Crippen molar-refractivity contribution in [2.24, 2.45) is 0 Å². The number of hydrogen-bond donors (Lipinski definition) is 1. The van der Waals surface area contributed by atoms with E-state index in [1.54, 1.807) is 6.92 Å². The highest BCUT2D eigenvalue weighted by Crippen LogP contribution is 2.32. The van der Waals surface area contributed by atoms with Gasteiger partial charge in [0.15, 0.2) is 5.75 Å². The minimum atomic E-state index is -0.431. The molecule has 21 heavy (non-hydrogen) atoms. The van der Waals surface area contributed by atoms with Gasteiger partial charge in [0.25, 0.3) is 0 Å². The van der Waals surface area contributed by atoms with Crippen LogP contribution in [0.3, 0.4) is 0 Å². The van der Waals surface area contributed by atoms with Crippen LogP contribution >= 0.6 is 0 Å². The minimum absolute atomic E-state index is 0.0174. The first-order chi connectivity index (χ1) is 10.0. The van der Waals surface area contributed by atoms with E-state index < -0.39 is 4.92 Å². The number of nitriles is 1. The van der Waals surface area contributed by atoms with E-state index in [0.717, 1.165) is 24.0 Å². The SMILES string of the molecule is Cc1cc(C)c(OCCC(C#N)NC2CC2)c([N+](=O)[O-])c1. The summed E-state index contributed by atoms with van der Waals surface area (Å²) in [6.07, 6.45) is 2.74. The highest BCUT2D eigenvalue weighted by molar-refractivity contribution is 5.53. The lowest BCUT2D eigenvalue weighted by Gasteiger charge is -2.13. The predicted molar refractivity (Wildman–Crippen MR) is 78.2 cm³/mol. The molecule has 0 spiro atoms. The first kappa shape index (κ1) is 15.3. The van der Waals surface area contributed by atoms with Crippen LogP contribution in [-0.4, -0.2) is 23.6 Å². The highest BCUT2D eigenvalue weighted by atomic mass is 16.6. The van der Waals surface area contributed by atoms with Crippen molar-refractivity contribution in [1.29, 1.82) is 5.26 Å². The van der Waals surface area contributed by atoms with Crippen molar-refractivity contribution >= 4 is 5.69 Å². The smallest absolute Gasteiger partial charge is 0.311 e. The number of nitrogens with one attached hydrogen (secondary N) is 1. The van der Waals surface area contributed by atoms with Gasteiger partial charge in [0.1, 0.15) is 0 Å². The molecule has 1 aromatic carbocycles. The van der Waals surface area contributed by atoms with Crippen molar-refractivity contribution < 1.29 is 9.66 Å². The zero-order chi connectivity index (χ0) is 15.4. The molecule has 1 aromatic rings. The molecule has 1 fully saturated rings. The van der Waals surface area contributed by atoms with E-state index in [2.05, 4.69) is 11.4 Å². The van der Waals surface area contributed by atoms with Crippen LogP contribution in [0.2, 0.25) is 0 Å². The summed E-state index contributed by atoms with van der Waals surface area (Å²) >= 11 is 0. The number of rotatable bonds is 7. The summed E-state index contributed by atoms with van der Waals surface area (Å²) in [5, 5.41) is 23.4. The monoisotopic (exact) mass is 289 g/mol. The zero-order valence-electron chi connectivity index (χ0n) is 12.3. The second-order valence-electron chi connectivity index (χ2n) is 5.45. The lowest BCUT2D eigenvalue weighted by atomic mass is 10.1. The summed E-state index contributed by atoms with van der Waals surface area (Å²) in [6, 6.07) is 5.74. The van der Waals surface area contributed by atoms with Crippen LogP contribution in [0.5, 0.6) is 5.75 Å². The maximum absolute atomic E-state index is 11.1. The summed E-state index contributed by atoms with van der Waals surface area (Å²) in [5.41, 5.74) is 1.55. The summed E-state index contributed by atoms with van der Waals surface area (Å²) in [4.78, 5) is 10.7. The second-order valence-corrected chi connectivity index (χ2v) is 5.45. The van der Waals surface area contributed by atoms with Gasteiger partial charge >= 0.3 is 5.69 Å². The van der Waals surface area contributed by atoms with Crippen molar-refractivity contribution in [3.63, 3.8) is 0 Å². The van der Waals surface area contributed by atoms with E-state index in [4.69, 9.17) is 10.00 Å². The third-order valence-electron chi connectivity index (χ3n) is 3.42. The van der Waals surface area contributed by atoms with E-state index in [-0.39, 0.29) is 18.3 Å². The first-order valence-corrected chi connectivity index (χ1v) is 7.05. The molecule has 0 saturated heterocycles. The number of hydrogen-bond acceptors (Lipinski definition) is 5. The topological polar surface area (TPSA) is 88.2 Å². The Morgan fingerprint density at radius 3 is 2.81 bits per heavy atom. The van der Waals surface area contributed by atoms with Crippen LogP contribution in [0.25, 0.3) is 0 Å². The number of ether oxygens (including phenoxy) is 1. The molecule has 1 atom stereocenters. The van der Waals surface area contributed by atoms with Crippen molar-refractivity contribution in [1.82, 2.24) is 5.32 Å². The number of aryl methyl sites for hydroxylation is 2. The van der Waals surface area contributed by atoms with E-state index in [1.807, 2.05) is 13.0 Å². The quantitative estimate of drug-likeness (QED) is 0.615. The number of nitrogens with zero attached hydrogens (tertiary/aromatic N) is 2. The molecule has 0 aliphatic heterocycles. The number of nitro groups is 1. The molecule has 1 aliphatic carbocycles. The average molecular weight is 289 g/mol. The van der Waals surface area contributed by atoms with Crippen LogP contribution in [0, 0.1) is 35.3 Å². The highest BCUT2D eigenvalue weighted by Gasteiger charge is 2.25. The van der Waals surface area contributed by atoms with Gasteiger partial charge in [0.05, 0.1) is 23.6 Å². The van der Waals surface area contributed by atoms with Crippen LogP contribution < -0.4 is 10.1 Å². The number of benzene rings is 1. The Morgan fingerprint density at radius 2 is 2.24 bits per heavy atom. The second kappa shape index (κ2) is 6.55. The fraction of sp³-hybridized carbons (Fsp3) is 0.533. The van der Waals surface area contributed by atoms with Gasteiger partial charge in [-0.05, 0) is 37.8 Å². The molecule has 1 aliphatic rings. The predicted octanol–water partition coefficient (Wildman–Crippen LogP) is 2.62. The van der Waals surface area contributed by atoms with Crippen LogP contribution in [0.1, 0.15) is 30.4 Å². The third-order valence-corrected chi connectivity index (χ3v) is 3.42. The van der Waals surface area contributed by atoms with Crippen molar-refractivity contribution in [2.75, 3.05) is 6.61 Å². The fourth-order valence-electron chi connectivity index (χ4n) is 2.25. The summed E-state index contributed by atoms with van der Waals surface area (Å²) in [5.74, 6) is 0.300. The Labute approximate surface area is 123 Å². The van der Waals surface area contributed by atoms with Gasteiger partial charge in [-0.2, -0.15) is 5.26 Å². The average Bonchev–Trinajstić information content (AvgIpc) is 3.23. The Kier molecular flexibility index (Phi) is 4.76. The molecule has 112 valence electrons. The first-order valence-electron chi connectivity index (χ1n) is 7.05. The summed E-state index contributed by atoms with van der Waals surface area (Å²) in [6.45, 7) is 3.89. The van der Waals surface area contributed by atoms with Gasteiger partial charge in [0, 0.05) is 18.5 Å². The Bertz CT molecular complexity index is 576. The standard InChI is InChI=1S/C15H19N3O3/c1-10-7-11(2)15(14(8-10)18(19)20)21-6-5-13(9-16)17-12-3-4-12/h7-8,12-13,17H,3-6H2,1-2H3. The van der Waals surface area contributed by atoms with Gasteiger partial charge in [-0.1, -0.05) is 6.07 Å². The molecule has 1 saturated carbocycles. The lowest BCUT2D eigenvalue weighted by molar-refractivity contribution is -0.386. The van der Waals surface area contributed by atoms with Crippen LogP contribution in [-0.2, 0) is 0 Å². The van der Waals surface area contributed by atoms with E-state index in [1.165, 1.54) is 6.07 Å². The van der Waals surface area contributed by atoms with Gasteiger partial charge in [-0.3, -0.25) is 15.4 Å². The van der Waals surface area contributed by atoms with Gasteiger partial charge < -0.3 is 4.74 Å². The van der Waals surface area contributed by atoms with Crippen LogP contribution in [0.4, 0.5) is 5.69 Å². The Hall–Kier alpha value is -2.13. The maximum Gasteiger partial charge on any atom is 0.311 e. The molecule has 2 rings (SSSR count). The summed E-state index contributed by atoms with van der Waals surface area (Å²) in [7, 11) is 0. The molecular formula is C15H19N3O3. The third kappa shape index (κ3) is 4.17. The molecule has 0 aromatic heterocycles. The normalized spacial score (nSPS) is 15.3. The molecule has 1 unspecified atom stereocenters. The molecule has 6 nitrogen and oxygen atoms in total. The maximum atomic E-state index is 11.1. The molecular weight excluding hydrogens is 270 g/mol. The number of nitro benzene ring substituents is 1. The Balaban J connectivity index is 1.99. The van der Waals surface area contributed by atoms with Crippen molar-refractivity contribution in [3.8, 4) is 11.8 Å². The molecule has 0 heterocycles. The fourth-order valence-corrected chi connectivity index (χ4v) is 2.25. The Morgan fingerprint density at radius 1 is 1.52 bits per heavy atom. The van der Waals surface area contributed by atoms with E-state index in [9.17, 15) is 10.1 Å². The minimum Gasteiger partial charge on any atom is -0.487 e. The summed E-state index contributed by atoms with van der Waals surface area (Å²) < 4.78 is 5.59. The zero-order valence-corrected chi connectivity index (χ0v) is 12.3. The van der Waals surface area contributed by atoms with Gasteiger partial charge in [0.2, 0.25) is 0 Å². The molecule has 0 amide bonds. The van der Waals surface area contributed by atoms with Gasteiger partial charge in [-0.25, -0.2) is 0 Å². The van der Waals surface area contributed by atoms with Crippen molar-refractivity contribution in [2.45, 2.75) is 45.2 Å². The lowest BCUT2D eigenvalue weighted by Crippen LogP contribution is -2.31. The van der Waals surface area contributed by atoms with E-state index >= 15 is 0 Å².